The molecule has 0 unspecified atom stereocenters. The molecule has 0 N–H and O–H groups in total. The maximum absolute atomic E-state index is 6.60. The molecule has 0 bridgehead atoms. The average molecular weight is 734 g/mol. The minimum absolute atomic E-state index is 0. The number of benzene rings is 4. The van der Waals surface area contributed by atoms with Gasteiger partial charge in [0, 0.05) is 49.7 Å². The summed E-state index contributed by atoms with van der Waals surface area (Å²) < 4.78 is 13.1. The molecule has 5 nitrogen and oxygen atoms in total. The van der Waals surface area contributed by atoms with Crippen molar-refractivity contribution < 1.29 is 30.2 Å². The number of ether oxygens (including phenoxy) is 1. The number of nitrogens with zero attached hydrogens (tertiary/aromatic N) is 3. The van der Waals surface area contributed by atoms with Gasteiger partial charge in [0.05, 0.1) is 5.58 Å². The fourth-order valence-corrected chi connectivity index (χ4v) is 5.38. The standard InChI is InChI=1S/C36H32N3O2.Pt/c1-35(2,3)24-15-16-37-29(19-24)28-21-31(27-14-13-23-9-7-12-30-32(23)33(27)34(28)41-30)40-26-11-8-10-25(20-26)38-17-18-39(22-38)36(4,5)6;/h7-19,22H,1-6H3;/q-3;. The number of rotatable bonds is 4. The van der Waals surface area contributed by atoms with Crippen LogP contribution in [0.2, 0.25) is 0 Å². The van der Waals surface area contributed by atoms with E-state index < -0.39 is 0 Å². The van der Waals surface area contributed by atoms with Crippen molar-refractivity contribution in [2.75, 3.05) is 4.90 Å². The third-order valence-electron chi connectivity index (χ3n) is 7.69. The molecule has 3 heterocycles. The van der Waals surface area contributed by atoms with Gasteiger partial charge in [0.15, 0.2) is 0 Å². The maximum Gasteiger partial charge on any atom is 0.121 e. The van der Waals surface area contributed by atoms with E-state index in [9.17, 15) is 0 Å². The Labute approximate surface area is 261 Å². The van der Waals surface area contributed by atoms with Gasteiger partial charge in [0.1, 0.15) is 5.58 Å². The third kappa shape index (κ3) is 4.84. The summed E-state index contributed by atoms with van der Waals surface area (Å²) in [6, 6.07) is 27.5. The molecule has 0 saturated carbocycles. The summed E-state index contributed by atoms with van der Waals surface area (Å²) in [7, 11) is 0. The van der Waals surface area contributed by atoms with Gasteiger partial charge in [-0.25, -0.2) is 0 Å². The zero-order valence-corrected chi connectivity index (χ0v) is 26.8. The molecule has 0 radical (unpaired) electrons. The summed E-state index contributed by atoms with van der Waals surface area (Å²) >= 11 is 0. The number of hydrogen-bond acceptors (Lipinski definition) is 5. The number of pyridine rings is 1. The van der Waals surface area contributed by atoms with Gasteiger partial charge in [0.25, 0.3) is 0 Å². The predicted molar refractivity (Wildman–Crippen MR) is 166 cm³/mol. The molecule has 216 valence electrons. The largest absolute Gasteiger partial charge is 0.504 e. The fourth-order valence-electron chi connectivity index (χ4n) is 5.38. The quantitative estimate of drug-likeness (QED) is 0.134. The molecule has 1 aliphatic heterocycles. The molecular formula is C36H32N3O2Pt-3. The van der Waals surface area contributed by atoms with Gasteiger partial charge in [-0.2, -0.15) is 12.7 Å². The second-order valence-corrected chi connectivity index (χ2v) is 12.7. The van der Waals surface area contributed by atoms with E-state index in [1.54, 1.807) is 0 Å². The number of furan rings is 1. The van der Waals surface area contributed by atoms with Crippen molar-refractivity contribution in [2.24, 2.45) is 0 Å². The summed E-state index contributed by atoms with van der Waals surface area (Å²) in [6.45, 7) is 15.2. The van der Waals surface area contributed by atoms with Gasteiger partial charge >= 0.3 is 0 Å². The Morgan fingerprint density at radius 1 is 0.881 bits per heavy atom. The van der Waals surface area contributed by atoms with Crippen molar-refractivity contribution in [1.82, 2.24) is 9.88 Å². The topological polar surface area (TPSA) is 41.7 Å². The number of hydrogen-bond donors (Lipinski definition) is 0. The van der Waals surface area contributed by atoms with Crippen molar-refractivity contribution in [3.8, 4) is 22.8 Å². The zero-order valence-electron chi connectivity index (χ0n) is 24.6. The van der Waals surface area contributed by atoms with E-state index in [1.165, 1.54) is 5.56 Å². The van der Waals surface area contributed by atoms with Crippen LogP contribution in [-0.2, 0) is 26.5 Å². The minimum Gasteiger partial charge on any atom is -0.504 e. The van der Waals surface area contributed by atoms with Gasteiger partial charge in [-0.3, -0.25) is 0 Å². The van der Waals surface area contributed by atoms with E-state index in [-0.39, 0.29) is 32.0 Å². The van der Waals surface area contributed by atoms with Crippen molar-refractivity contribution in [3.05, 3.63) is 104 Å². The van der Waals surface area contributed by atoms with Crippen LogP contribution in [0.25, 0.3) is 44.0 Å². The molecule has 7 rings (SSSR count). The molecule has 0 atom stereocenters. The van der Waals surface area contributed by atoms with E-state index in [0.29, 0.717) is 11.5 Å². The van der Waals surface area contributed by atoms with Crippen molar-refractivity contribution in [2.45, 2.75) is 52.5 Å². The van der Waals surface area contributed by atoms with E-state index >= 15 is 0 Å². The van der Waals surface area contributed by atoms with Crippen LogP contribution < -0.4 is 9.64 Å². The first-order valence-electron chi connectivity index (χ1n) is 14.0. The van der Waals surface area contributed by atoms with Crippen LogP contribution in [0.1, 0.15) is 47.1 Å². The number of anilines is 1. The Balaban J connectivity index is 0.00000316. The normalized spacial score (nSPS) is 14.0. The van der Waals surface area contributed by atoms with Gasteiger partial charge in [-0.05, 0) is 72.7 Å². The van der Waals surface area contributed by atoms with Crippen LogP contribution in [0.4, 0.5) is 5.69 Å². The van der Waals surface area contributed by atoms with Gasteiger partial charge in [-0.15, -0.1) is 23.9 Å². The van der Waals surface area contributed by atoms with Crippen LogP contribution in [-0.4, -0.2) is 15.4 Å². The van der Waals surface area contributed by atoms with Crippen LogP contribution in [0, 0.1) is 18.8 Å². The Bertz CT molecular complexity index is 1940. The van der Waals surface area contributed by atoms with Crippen LogP contribution in [0.15, 0.2) is 83.7 Å². The maximum atomic E-state index is 6.60. The van der Waals surface area contributed by atoms with Crippen molar-refractivity contribution in [3.63, 3.8) is 0 Å². The van der Waals surface area contributed by atoms with Crippen LogP contribution >= 0.6 is 0 Å². The van der Waals surface area contributed by atoms with E-state index in [2.05, 4.69) is 107 Å². The molecule has 1 aliphatic rings. The SMILES string of the molecule is CC(C)(C)c1ccnc(-c2[c-]c(Oc3[c-]c(N4C=CN(C(C)(C)C)[CH-]4)ccc3)c3ccc4cccc5oc2c3c45)c1.[Pt]. The molecule has 0 saturated heterocycles. The summed E-state index contributed by atoms with van der Waals surface area (Å²) in [5, 5.41) is 4.18. The molecule has 6 heteroatoms. The average Bonchev–Trinajstić information content (AvgIpc) is 3.59. The molecule has 0 fully saturated rings. The van der Waals surface area contributed by atoms with Gasteiger partial charge in [0.2, 0.25) is 0 Å². The fraction of sp³-hybridized carbons (Fsp3) is 0.222. The second kappa shape index (κ2) is 10.2. The first-order chi connectivity index (χ1) is 19.6. The molecule has 6 aromatic rings. The summed E-state index contributed by atoms with van der Waals surface area (Å²) in [5.74, 6) is 1.23. The molecule has 0 spiro atoms. The van der Waals surface area contributed by atoms with Crippen LogP contribution in [0.5, 0.6) is 11.5 Å². The molecule has 2 aromatic heterocycles. The Morgan fingerprint density at radius 2 is 1.69 bits per heavy atom. The smallest absolute Gasteiger partial charge is 0.121 e. The monoisotopic (exact) mass is 733 g/mol. The first kappa shape index (κ1) is 28.3. The molecular weight excluding hydrogens is 701 g/mol. The van der Waals surface area contributed by atoms with E-state index in [1.807, 2.05) is 42.7 Å². The third-order valence-corrected chi connectivity index (χ3v) is 7.69. The molecule has 0 aliphatic carbocycles. The molecule has 0 amide bonds. The second-order valence-electron chi connectivity index (χ2n) is 12.7. The summed E-state index contributed by atoms with van der Waals surface area (Å²) in [5.41, 5.74) is 5.26. The van der Waals surface area contributed by atoms with E-state index in [0.717, 1.165) is 49.7 Å². The predicted octanol–water partition coefficient (Wildman–Crippen LogP) is 9.44. The minimum atomic E-state index is -0.0235. The van der Waals surface area contributed by atoms with Crippen LogP contribution in [0.3, 0.4) is 0 Å². The van der Waals surface area contributed by atoms with Crippen molar-refractivity contribution >= 4 is 38.4 Å². The van der Waals surface area contributed by atoms with Gasteiger partial charge in [-0.1, -0.05) is 68.1 Å². The van der Waals surface area contributed by atoms with E-state index in [4.69, 9.17) is 14.1 Å². The Kier molecular flexibility index (Phi) is 6.85. The van der Waals surface area contributed by atoms with Gasteiger partial charge < -0.3 is 23.9 Å². The first-order valence-corrected chi connectivity index (χ1v) is 14.0. The zero-order chi connectivity index (χ0) is 28.5. The summed E-state index contributed by atoms with van der Waals surface area (Å²) in [6.07, 6.45) is 5.98. The summed E-state index contributed by atoms with van der Waals surface area (Å²) in [4.78, 5) is 8.99. The number of aromatic nitrogens is 1. The Hall–Kier alpha value is -3.82. The Morgan fingerprint density at radius 3 is 2.45 bits per heavy atom. The molecule has 4 aromatic carbocycles. The van der Waals surface area contributed by atoms with Crippen molar-refractivity contribution in [1.29, 1.82) is 0 Å². The molecule has 42 heavy (non-hydrogen) atoms.